The molecule has 0 unspecified atom stereocenters. The Hall–Kier alpha value is -0.570. The smallest absolute Gasteiger partial charge is 0.324 e. The van der Waals surface area contributed by atoms with E-state index in [1.807, 2.05) is 0 Å². The lowest BCUT2D eigenvalue weighted by Gasteiger charge is -1.89. The summed E-state index contributed by atoms with van der Waals surface area (Å²) in [5.74, 6) is 4.07. The van der Waals surface area contributed by atoms with Crippen LogP contribution in [0.25, 0.3) is 0 Å². The molecule has 0 heterocycles. The minimum Gasteiger partial charge on any atom is -0.373 e. The average molecular weight is 102 g/mol. The monoisotopic (exact) mass is 102 g/mol. The number of hydrogen-bond donors (Lipinski definition) is 1. The molecule has 3 nitrogen and oxygen atoms in total. The summed E-state index contributed by atoms with van der Waals surface area (Å²) in [6.45, 7) is 3.42. The summed E-state index contributed by atoms with van der Waals surface area (Å²) in [4.78, 5) is 13.8. The van der Waals surface area contributed by atoms with E-state index in [1.165, 1.54) is 0 Å². The maximum Gasteiger partial charge on any atom is 0.324 e. The highest BCUT2D eigenvalue weighted by Crippen LogP contribution is 1.85. The van der Waals surface area contributed by atoms with Crippen molar-refractivity contribution < 1.29 is 9.63 Å². The molecule has 0 aliphatic heterocycles. The standard InChI is InChI=1S/C4H8NO2/c1-2-3-4(6)7-5/h1-3,5H2. The van der Waals surface area contributed by atoms with Crippen molar-refractivity contribution in [3.63, 3.8) is 0 Å². The van der Waals surface area contributed by atoms with Crippen molar-refractivity contribution in [3.05, 3.63) is 6.92 Å². The maximum absolute atomic E-state index is 10.0. The van der Waals surface area contributed by atoms with Crippen LogP contribution in [0, 0.1) is 6.92 Å². The third kappa shape index (κ3) is 3.26. The van der Waals surface area contributed by atoms with Crippen molar-refractivity contribution in [3.8, 4) is 0 Å². The van der Waals surface area contributed by atoms with Gasteiger partial charge in [-0.2, -0.15) is 5.90 Å². The van der Waals surface area contributed by atoms with Gasteiger partial charge in [-0.1, -0.05) is 6.92 Å². The van der Waals surface area contributed by atoms with Crippen LogP contribution in [0.4, 0.5) is 0 Å². The zero-order chi connectivity index (χ0) is 5.70. The van der Waals surface area contributed by atoms with Crippen molar-refractivity contribution in [1.82, 2.24) is 0 Å². The Morgan fingerprint density at radius 2 is 2.43 bits per heavy atom. The largest absolute Gasteiger partial charge is 0.373 e. The van der Waals surface area contributed by atoms with Crippen LogP contribution in [0.5, 0.6) is 0 Å². The van der Waals surface area contributed by atoms with Crippen LogP contribution >= 0.6 is 0 Å². The molecule has 0 saturated carbocycles. The van der Waals surface area contributed by atoms with E-state index in [1.54, 1.807) is 0 Å². The molecule has 0 amide bonds. The third-order valence-electron chi connectivity index (χ3n) is 0.512. The molecule has 7 heavy (non-hydrogen) atoms. The van der Waals surface area contributed by atoms with Crippen LogP contribution in [-0.2, 0) is 9.63 Å². The quantitative estimate of drug-likeness (QED) is 0.500. The summed E-state index contributed by atoms with van der Waals surface area (Å²) in [6, 6.07) is 0. The van der Waals surface area contributed by atoms with Gasteiger partial charge < -0.3 is 4.84 Å². The summed E-state index contributed by atoms with van der Waals surface area (Å²) in [7, 11) is 0. The molecule has 0 aliphatic rings. The first-order valence-electron chi connectivity index (χ1n) is 2.00. The predicted octanol–water partition coefficient (Wildman–Crippen LogP) is 0.0176. The molecule has 3 heteroatoms. The van der Waals surface area contributed by atoms with E-state index in [9.17, 15) is 4.79 Å². The molecule has 2 N–H and O–H groups in total. The van der Waals surface area contributed by atoms with Gasteiger partial charge in [-0.3, -0.25) is 4.79 Å². The summed E-state index contributed by atoms with van der Waals surface area (Å²) < 4.78 is 0. The van der Waals surface area contributed by atoms with Crippen molar-refractivity contribution >= 4 is 5.97 Å². The van der Waals surface area contributed by atoms with Crippen LogP contribution in [0.1, 0.15) is 12.8 Å². The molecule has 0 aliphatic carbocycles. The molecule has 0 aromatic carbocycles. The predicted molar refractivity (Wildman–Crippen MR) is 24.9 cm³/mol. The highest BCUT2D eigenvalue weighted by molar-refractivity contribution is 5.68. The highest BCUT2D eigenvalue weighted by atomic mass is 16.7. The maximum atomic E-state index is 10.0. The lowest BCUT2D eigenvalue weighted by atomic mass is 10.3. The van der Waals surface area contributed by atoms with Gasteiger partial charge in [0.25, 0.3) is 0 Å². The summed E-state index contributed by atoms with van der Waals surface area (Å²) in [5, 5.41) is 0. The SMILES string of the molecule is [CH2]CCC(=O)ON. The van der Waals surface area contributed by atoms with Gasteiger partial charge in [0.15, 0.2) is 0 Å². The Morgan fingerprint density at radius 1 is 1.86 bits per heavy atom. The Kier molecular flexibility index (Phi) is 3.32. The first-order chi connectivity index (χ1) is 3.31. The normalized spacial score (nSPS) is 8.29. The number of nitrogens with two attached hydrogens (primary N) is 1. The van der Waals surface area contributed by atoms with E-state index in [2.05, 4.69) is 17.7 Å². The van der Waals surface area contributed by atoms with Gasteiger partial charge in [0, 0.05) is 6.42 Å². The van der Waals surface area contributed by atoms with Gasteiger partial charge in [-0.15, -0.1) is 0 Å². The topological polar surface area (TPSA) is 52.3 Å². The molecule has 1 radical (unpaired) electrons. The number of hydrogen-bond acceptors (Lipinski definition) is 3. The number of carbonyl (C=O) groups is 1. The van der Waals surface area contributed by atoms with Crippen LogP contribution in [-0.4, -0.2) is 5.97 Å². The van der Waals surface area contributed by atoms with Crippen LogP contribution in [0.2, 0.25) is 0 Å². The fourth-order valence-electron chi connectivity index (χ4n) is 0.203. The van der Waals surface area contributed by atoms with Crippen molar-refractivity contribution in [1.29, 1.82) is 0 Å². The van der Waals surface area contributed by atoms with Gasteiger partial charge in [-0.05, 0) is 6.42 Å². The van der Waals surface area contributed by atoms with Gasteiger partial charge >= 0.3 is 5.97 Å². The molecular formula is C4H8NO2. The summed E-state index contributed by atoms with van der Waals surface area (Å²) in [6.07, 6.45) is 0.840. The average Bonchev–Trinajstić information content (AvgIpc) is 1.68. The molecule has 0 spiro atoms. The summed E-state index contributed by atoms with van der Waals surface area (Å²) >= 11 is 0. The van der Waals surface area contributed by atoms with Crippen LogP contribution < -0.4 is 5.90 Å². The molecule has 0 rings (SSSR count). The molecule has 0 saturated heterocycles. The molecule has 0 atom stereocenters. The van der Waals surface area contributed by atoms with Crippen LogP contribution in [0.15, 0.2) is 0 Å². The Bertz CT molecular complexity index is 62.7. The fourth-order valence-corrected chi connectivity index (χ4v) is 0.203. The van der Waals surface area contributed by atoms with Crippen molar-refractivity contribution in [2.45, 2.75) is 12.8 Å². The zero-order valence-electron chi connectivity index (χ0n) is 4.02. The van der Waals surface area contributed by atoms with E-state index < -0.39 is 5.97 Å². The molecule has 0 aromatic heterocycles. The summed E-state index contributed by atoms with van der Waals surface area (Å²) in [5.41, 5.74) is 0. The molecule has 0 aromatic rings. The third-order valence-corrected chi connectivity index (χ3v) is 0.512. The van der Waals surface area contributed by atoms with Gasteiger partial charge in [0.2, 0.25) is 0 Å². The van der Waals surface area contributed by atoms with Gasteiger partial charge in [0.1, 0.15) is 0 Å². The van der Waals surface area contributed by atoms with Gasteiger partial charge in [0.05, 0.1) is 0 Å². The Morgan fingerprint density at radius 3 is 2.57 bits per heavy atom. The van der Waals surface area contributed by atoms with E-state index in [-0.39, 0.29) is 0 Å². The second kappa shape index (κ2) is 3.61. The Labute approximate surface area is 42.4 Å². The van der Waals surface area contributed by atoms with E-state index in [4.69, 9.17) is 0 Å². The first kappa shape index (κ1) is 6.43. The van der Waals surface area contributed by atoms with Crippen LogP contribution in [0.3, 0.4) is 0 Å². The number of rotatable bonds is 2. The minimum atomic E-state index is -0.407. The second-order valence-corrected chi connectivity index (χ2v) is 1.09. The second-order valence-electron chi connectivity index (χ2n) is 1.09. The molecule has 41 valence electrons. The minimum absolute atomic E-state index is 0.302. The highest BCUT2D eigenvalue weighted by Gasteiger charge is 1.93. The first-order valence-corrected chi connectivity index (χ1v) is 2.00. The molecule has 0 bridgehead atoms. The van der Waals surface area contributed by atoms with E-state index in [0.29, 0.717) is 12.8 Å². The molecular weight excluding hydrogens is 94.0 g/mol. The lowest BCUT2D eigenvalue weighted by molar-refractivity contribution is -0.144. The van der Waals surface area contributed by atoms with E-state index in [0.717, 1.165) is 0 Å². The van der Waals surface area contributed by atoms with Crippen molar-refractivity contribution in [2.75, 3.05) is 0 Å². The van der Waals surface area contributed by atoms with E-state index >= 15 is 0 Å². The molecule has 0 fully saturated rings. The zero-order valence-corrected chi connectivity index (χ0v) is 4.02. The fraction of sp³-hybridized carbons (Fsp3) is 0.500. The van der Waals surface area contributed by atoms with Crippen molar-refractivity contribution in [2.24, 2.45) is 5.90 Å². The lowest BCUT2D eigenvalue weighted by Crippen LogP contribution is -2.08. The van der Waals surface area contributed by atoms with Gasteiger partial charge in [-0.25, -0.2) is 0 Å². The Balaban J connectivity index is 3.00. The number of carbonyl (C=O) groups excluding carboxylic acids is 1.